The van der Waals surface area contributed by atoms with Crippen LogP contribution < -0.4 is 10.6 Å². The summed E-state index contributed by atoms with van der Waals surface area (Å²) in [5.74, 6) is 0.781. The molecule has 2 nitrogen and oxygen atoms in total. The van der Waals surface area contributed by atoms with E-state index in [0.29, 0.717) is 5.11 Å². The Morgan fingerprint density at radius 2 is 1.83 bits per heavy atom. The summed E-state index contributed by atoms with van der Waals surface area (Å²) in [6, 6.07) is 7.56. The number of hydrogen-bond acceptors (Lipinski definition) is 1. The van der Waals surface area contributed by atoms with Crippen LogP contribution in [0.3, 0.4) is 0 Å². The topological polar surface area (TPSA) is 24.1 Å². The van der Waals surface area contributed by atoms with Gasteiger partial charge in [-0.05, 0) is 55.2 Å². The SMILES string of the molecule is S=C(NCC1CCCCC1)Nc1ccc(Cl)cc1. The molecule has 0 saturated heterocycles. The standard InChI is InChI=1S/C14H19ClN2S/c15-12-6-8-13(9-7-12)17-14(18)16-10-11-4-2-1-3-5-11/h6-9,11H,1-5,10H2,(H2,16,17,18). The Bertz CT molecular complexity index is 385. The fourth-order valence-electron chi connectivity index (χ4n) is 2.34. The van der Waals surface area contributed by atoms with Crippen LogP contribution in [0, 0.1) is 5.92 Å². The molecule has 1 aromatic carbocycles. The molecular formula is C14H19ClN2S. The van der Waals surface area contributed by atoms with Crippen LogP contribution in [0.1, 0.15) is 32.1 Å². The van der Waals surface area contributed by atoms with E-state index < -0.39 is 0 Å². The molecule has 0 bridgehead atoms. The van der Waals surface area contributed by atoms with Crippen molar-refractivity contribution in [2.45, 2.75) is 32.1 Å². The summed E-state index contributed by atoms with van der Waals surface area (Å²) < 4.78 is 0. The Hall–Kier alpha value is -0.800. The smallest absolute Gasteiger partial charge is 0.170 e. The molecule has 1 aromatic rings. The molecule has 0 atom stereocenters. The zero-order valence-corrected chi connectivity index (χ0v) is 12.0. The minimum atomic E-state index is 0.697. The number of thiocarbonyl (C=S) groups is 1. The van der Waals surface area contributed by atoms with Gasteiger partial charge in [0.05, 0.1) is 0 Å². The van der Waals surface area contributed by atoms with E-state index in [1.807, 2.05) is 24.3 Å². The molecule has 0 aliphatic heterocycles. The van der Waals surface area contributed by atoms with Gasteiger partial charge in [0.2, 0.25) is 0 Å². The second kappa shape index (κ2) is 6.95. The number of halogens is 1. The first kappa shape index (κ1) is 13.6. The lowest BCUT2D eigenvalue weighted by molar-refractivity contribution is 0.357. The summed E-state index contributed by atoms with van der Waals surface area (Å²) in [6.45, 7) is 0.986. The van der Waals surface area contributed by atoms with Gasteiger partial charge in [0.15, 0.2) is 5.11 Å². The Morgan fingerprint density at radius 1 is 1.17 bits per heavy atom. The van der Waals surface area contributed by atoms with Gasteiger partial charge in [-0.1, -0.05) is 30.9 Å². The summed E-state index contributed by atoms with van der Waals surface area (Å²) in [5.41, 5.74) is 0.973. The van der Waals surface area contributed by atoms with Crippen LogP contribution in [0.15, 0.2) is 24.3 Å². The highest BCUT2D eigenvalue weighted by atomic mass is 35.5. The lowest BCUT2D eigenvalue weighted by Gasteiger charge is -2.22. The van der Waals surface area contributed by atoms with E-state index in [4.69, 9.17) is 23.8 Å². The van der Waals surface area contributed by atoms with Gasteiger partial charge in [0.25, 0.3) is 0 Å². The van der Waals surface area contributed by atoms with Gasteiger partial charge < -0.3 is 10.6 Å². The van der Waals surface area contributed by atoms with Gasteiger partial charge in [-0.2, -0.15) is 0 Å². The minimum Gasteiger partial charge on any atom is -0.362 e. The molecule has 1 saturated carbocycles. The van der Waals surface area contributed by atoms with Gasteiger partial charge in [-0.15, -0.1) is 0 Å². The molecule has 1 aliphatic rings. The summed E-state index contributed by atoms with van der Waals surface area (Å²) >= 11 is 11.1. The van der Waals surface area contributed by atoms with Crippen LogP contribution >= 0.6 is 23.8 Å². The minimum absolute atomic E-state index is 0.697. The van der Waals surface area contributed by atoms with E-state index in [1.165, 1.54) is 32.1 Å². The number of anilines is 1. The van der Waals surface area contributed by atoms with Gasteiger partial charge in [-0.25, -0.2) is 0 Å². The van der Waals surface area contributed by atoms with Crippen LogP contribution in [0.2, 0.25) is 5.02 Å². The van der Waals surface area contributed by atoms with Crippen molar-refractivity contribution in [1.29, 1.82) is 0 Å². The molecule has 18 heavy (non-hydrogen) atoms. The second-order valence-corrected chi connectivity index (χ2v) is 5.69. The van der Waals surface area contributed by atoms with E-state index in [-0.39, 0.29) is 0 Å². The van der Waals surface area contributed by atoms with Gasteiger partial charge in [-0.3, -0.25) is 0 Å². The first-order valence-corrected chi connectivity index (χ1v) is 7.33. The molecule has 0 unspecified atom stereocenters. The predicted molar refractivity (Wildman–Crippen MR) is 82.3 cm³/mol. The predicted octanol–water partition coefficient (Wildman–Crippen LogP) is 4.21. The van der Waals surface area contributed by atoms with Crippen LogP contribution in [0.4, 0.5) is 5.69 Å². The lowest BCUT2D eigenvalue weighted by Crippen LogP contribution is -2.33. The molecule has 0 spiro atoms. The van der Waals surface area contributed by atoms with E-state index in [0.717, 1.165) is 23.2 Å². The van der Waals surface area contributed by atoms with Gasteiger partial charge in [0.1, 0.15) is 0 Å². The Balaban J connectivity index is 1.73. The molecule has 0 radical (unpaired) electrons. The van der Waals surface area contributed by atoms with Crippen molar-refractivity contribution in [3.05, 3.63) is 29.3 Å². The fraction of sp³-hybridized carbons (Fsp3) is 0.500. The molecule has 0 amide bonds. The molecule has 1 aliphatic carbocycles. The van der Waals surface area contributed by atoms with Crippen molar-refractivity contribution in [2.75, 3.05) is 11.9 Å². The largest absolute Gasteiger partial charge is 0.362 e. The normalized spacial score (nSPS) is 16.3. The third-order valence-electron chi connectivity index (χ3n) is 3.38. The highest BCUT2D eigenvalue weighted by Gasteiger charge is 2.13. The molecule has 0 aromatic heterocycles. The molecule has 2 N–H and O–H groups in total. The Kier molecular flexibility index (Phi) is 5.26. The Morgan fingerprint density at radius 3 is 2.50 bits per heavy atom. The third kappa shape index (κ3) is 4.46. The van der Waals surface area contributed by atoms with Gasteiger partial charge >= 0.3 is 0 Å². The van der Waals surface area contributed by atoms with Crippen LogP contribution in [-0.2, 0) is 0 Å². The number of nitrogens with one attached hydrogen (secondary N) is 2. The molecular weight excluding hydrogens is 264 g/mol. The van der Waals surface area contributed by atoms with E-state index >= 15 is 0 Å². The monoisotopic (exact) mass is 282 g/mol. The molecule has 0 heterocycles. The first-order chi connectivity index (χ1) is 8.74. The summed E-state index contributed by atoms with van der Waals surface area (Å²) in [4.78, 5) is 0. The summed E-state index contributed by atoms with van der Waals surface area (Å²) in [6.07, 6.45) is 6.78. The summed E-state index contributed by atoms with van der Waals surface area (Å²) in [7, 11) is 0. The number of rotatable bonds is 3. The highest BCUT2D eigenvalue weighted by Crippen LogP contribution is 2.22. The zero-order chi connectivity index (χ0) is 12.8. The van der Waals surface area contributed by atoms with Crippen LogP contribution in [0.25, 0.3) is 0 Å². The zero-order valence-electron chi connectivity index (χ0n) is 10.4. The third-order valence-corrected chi connectivity index (χ3v) is 3.88. The quantitative estimate of drug-likeness (QED) is 0.812. The average Bonchev–Trinajstić information content (AvgIpc) is 2.40. The van der Waals surface area contributed by atoms with Crippen molar-refractivity contribution < 1.29 is 0 Å². The van der Waals surface area contributed by atoms with E-state index in [2.05, 4.69) is 10.6 Å². The molecule has 98 valence electrons. The maximum absolute atomic E-state index is 5.83. The maximum Gasteiger partial charge on any atom is 0.170 e. The fourth-order valence-corrected chi connectivity index (χ4v) is 2.66. The lowest BCUT2D eigenvalue weighted by atomic mass is 9.89. The highest BCUT2D eigenvalue weighted by molar-refractivity contribution is 7.80. The molecule has 1 fully saturated rings. The molecule has 4 heteroatoms. The van der Waals surface area contributed by atoms with E-state index in [1.54, 1.807) is 0 Å². The van der Waals surface area contributed by atoms with Crippen molar-refractivity contribution in [3.8, 4) is 0 Å². The van der Waals surface area contributed by atoms with Gasteiger partial charge in [0, 0.05) is 17.3 Å². The van der Waals surface area contributed by atoms with Crippen LogP contribution in [-0.4, -0.2) is 11.7 Å². The number of benzene rings is 1. The Labute approximate surface area is 119 Å². The first-order valence-electron chi connectivity index (χ1n) is 6.54. The van der Waals surface area contributed by atoms with Crippen molar-refractivity contribution in [2.24, 2.45) is 5.92 Å². The molecule has 2 rings (SSSR count). The van der Waals surface area contributed by atoms with Crippen molar-refractivity contribution >= 4 is 34.6 Å². The van der Waals surface area contributed by atoms with Crippen molar-refractivity contribution in [1.82, 2.24) is 5.32 Å². The van der Waals surface area contributed by atoms with Crippen molar-refractivity contribution in [3.63, 3.8) is 0 Å². The van der Waals surface area contributed by atoms with E-state index in [9.17, 15) is 0 Å². The average molecular weight is 283 g/mol. The van der Waals surface area contributed by atoms with Crippen LogP contribution in [0.5, 0.6) is 0 Å². The summed E-state index contributed by atoms with van der Waals surface area (Å²) in [5, 5.41) is 7.91. The number of hydrogen-bond donors (Lipinski definition) is 2. The second-order valence-electron chi connectivity index (χ2n) is 4.85. The maximum atomic E-state index is 5.83.